The molecule has 1 aliphatic heterocycles. The van der Waals surface area contributed by atoms with E-state index < -0.39 is 0 Å². The Hall–Kier alpha value is -2.46. The SMILES string of the molecule is CCCC(=N)Cc1cccc(N2Cc3c(CC)cc(CNCC(C)C)cc3C2=O)c1. The molecule has 4 heteroatoms. The zero-order valence-corrected chi connectivity index (χ0v) is 18.8. The molecule has 30 heavy (non-hydrogen) atoms. The number of nitrogens with one attached hydrogen (secondary N) is 2. The van der Waals surface area contributed by atoms with Crippen LogP contribution in [0.5, 0.6) is 0 Å². The van der Waals surface area contributed by atoms with E-state index in [0.717, 1.165) is 54.9 Å². The number of hydrogen-bond donors (Lipinski definition) is 2. The summed E-state index contributed by atoms with van der Waals surface area (Å²) in [6.07, 6.45) is 3.40. The van der Waals surface area contributed by atoms with Crippen LogP contribution in [0.1, 0.15) is 73.1 Å². The van der Waals surface area contributed by atoms with Crippen LogP contribution in [0.2, 0.25) is 0 Å². The molecule has 4 nitrogen and oxygen atoms in total. The molecular formula is C26H35N3O. The highest BCUT2D eigenvalue weighted by Crippen LogP contribution is 2.32. The van der Waals surface area contributed by atoms with Crippen molar-refractivity contribution >= 4 is 17.3 Å². The molecule has 1 amide bonds. The van der Waals surface area contributed by atoms with Crippen LogP contribution in [-0.2, 0) is 25.9 Å². The van der Waals surface area contributed by atoms with Crippen molar-refractivity contribution in [1.82, 2.24) is 5.32 Å². The Balaban J connectivity index is 1.82. The lowest BCUT2D eigenvalue weighted by atomic mass is 9.97. The van der Waals surface area contributed by atoms with Crippen molar-refractivity contribution in [3.05, 3.63) is 64.2 Å². The van der Waals surface area contributed by atoms with E-state index in [9.17, 15) is 4.79 Å². The molecule has 0 bridgehead atoms. The minimum atomic E-state index is 0.0891. The van der Waals surface area contributed by atoms with Crippen LogP contribution in [0.25, 0.3) is 0 Å². The van der Waals surface area contributed by atoms with E-state index in [-0.39, 0.29) is 5.91 Å². The fourth-order valence-corrected chi connectivity index (χ4v) is 4.15. The van der Waals surface area contributed by atoms with Gasteiger partial charge in [0.1, 0.15) is 0 Å². The molecular weight excluding hydrogens is 370 g/mol. The van der Waals surface area contributed by atoms with E-state index in [2.05, 4.69) is 57.3 Å². The van der Waals surface area contributed by atoms with Gasteiger partial charge in [-0.15, -0.1) is 0 Å². The van der Waals surface area contributed by atoms with Crippen LogP contribution in [-0.4, -0.2) is 18.2 Å². The standard InChI is InChI=1S/C26H35N3O/c1-5-8-22(27)12-19-9-7-10-23(13-19)29-17-25-21(6-2)11-20(14-24(25)26(29)30)16-28-15-18(3)4/h7,9-11,13-14,18,27-28H,5-6,8,12,15-17H2,1-4H3. The molecule has 1 heterocycles. The summed E-state index contributed by atoms with van der Waals surface area (Å²) in [5.74, 6) is 0.694. The fraction of sp³-hybridized carbons (Fsp3) is 0.462. The molecule has 160 valence electrons. The van der Waals surface area contributed by atoms with Crippen LogP contribution in [0.4, 0.5) is 5.69 Å². The first kappa shape index (κ1) is 22.2. The quantitative estimate of drug-likeness (QED) is 0.512. The molecule has 2 aromatic rings. The number of hydrogen-bond acceptors (Lipinski definition) is 3. The predicted octanol–water partition coefficient (Wildman–Crippen LogP) is 5.52. The average molecular weight is 406 g/mol. The number of benzene rings is 2. The number of aryl methyl sites for hydroxylation is 1. The lowest BCUT2D eigenvalue weighted by Crippen LogP contribution is -2.23. The van der Waals surface area contributed by atoms with Crippen molar-refractivity contribution in [2.45, 2.75) is 66.5 Å². The first-order valence-electron chi connectivity index (χ1n) is 11.2. The summed E-state index contributed by atoms with van der Waals surface area (Å²) in [6.45, 7) is 11.1. The van der Waals surface area contributed by atoms with Crippen molar-refractivity contribution in [1.29, 1.82) is 5.41 Å². The lowest BCUT2D eigenvalue weighted by molar-refractivity contribution is 0.0996. The molecule has 0 aromatic heterocycles. The minimum Gasteiger partial charge on any atom is -0.312 e. The number of anilines is 1. The van der Waals surface area contributed by atoms with E-state index >= 15 is 0 Å². The Kier molecular flexibility index (Phi) is 7.43. The van der Waals surface area contributed by atoms with Crippen molar-refractivity contribution in [2.24, 2.45) is 5.92 Å². The smallest absolute Gasteiger partial charge is 0.258 e. The van der Waals surface area contributed by atoms with Crippen LogP contribution < -0.4 is 10.2 Å². The third-order valence-electron chi connectivity index (χ3n) is 5.65. The molecule has 0 unspecified atom stereocenters. The number of rotatable bonds is 10. The van der Waals surface area contributed by atoms with Gasteiger partial charge in [0.15, 0.2) is 0 Å². The molecule has 0 radical (unpaired) electrons. The van der Waals surface area contributed by atoms with E-state index in [0.29, 0.717) is 18.9 Å². The molecule has 0 atom stereocenters. The van der Waals surface area contributed by atoms with E-state index in [1.165, 1.54) is 16.7 Å². The molecule has 3 rings (SSSR count). The first-order valence-corrected chi connectivity index (χ1v) is 11.2. The van der Waals surface area contributed by atoms with Gasteiger partial charge in [-0.05, 0) is 65.8 Å². The molecule has 0 spiro atoms. The second kappa shape index (κ2) is 10.0. The number of carbonyl (C=O) groups is 1. The van der Waals surface area contributed by atoms with Crippen molar-refractivity contribution < 1.29 is 4.79 Å². The van der Waals surface area contributed by atoms with Gasteiger partial charge in [-0.3, -0.25) is 4.79 Å². The van der Waals surface area contributed by atoms with Crippen LogP contribution in [0.15, 0.2) is 36.4 Å². The monoisotopic (exact) mass is 405 g/mol. The third kappa shape index (κ3) is 5.17. The highest BCUT2D eigenvalue weighted by molar-refractivity contribution is 6.10. The van der Waals surface area contributed by atoms with E-state index in [1.807, 2.05) is 17.0 Å². The maximum Gasteiger partial charge on any atom is 0.258 e. The van der Waals surface area contributed by atoms with Gasteiger partial charge in [-0.2, -0.15) is 0 Å². The first-order chi connectivity index (χ1) is 14.4. The summed E-state index contributed by atoms with van der Waals surface area (Å²) in [6, 6.07) is 12.5. The molecule has 2 N–H and O–H groups in total. The Morgan fingerprint density at radius 3 is 2.67 bits per heavy atom. The topological polar surface area (TPSA) is 56.2 Å². The molecule has 2 aromatic carbocycles. The van der Waals surface area contributed by atoms with Gasteiger partial charge in [0.05, 0.1) is 6.54 Å². The number of carbonyl (C=O) groups excluding carboxylic acids is 1. The second-order valence-corrected chi connectivity index (χ2v) is 8.75. The normalized spacial score (nSPS) is 13.2. The molecule has 0 aliphatic carbocycles. The maximum absolute atomic E-state index is 13.3. The molecule has 0 saturated heterocycles. The zero-order valence-electron chi connectivity index (χ0n) is 18.8. The van der Waals surface area contributed by atoms with E-state index in [1.54, 1.807) is 0 Å². The lowest BCUT2D eigenvalue weighted by Gasteiger charge is -2.17. The van der Waals surface area contributed by atoms with Gasteiger partial charge in [0.2, 0.25) is 0 Å². The summed E-state index contributed by atoms with van der Waals surface area (Å²) in [4.78, 5) is 15.2. The van der Waals surface area contributed by atoms with Gasteiger partial charge in [0, 0.05) is 29.9 Å². The van der Waals surface area contributed by atoms with Gasteiger partial charge in [-0.1, -0.05) is 52.3 Å². The zero-order chi connectivity index (χ0) is 21.7. The van der Waals surface area contributed by atoms with E-state index in [4.69, 9.17) is 5.41 Å². The van der Waals surface area contributed by atoms with Crippen LogP contribution >= 0.6 is 0 Å². The molecule has 0 saturated carbocycles. The largest absolute Gasteiger partial charge is 0.312 e. The highest BCUT2D eigenvalue weighted by Gasteiger charge is 2.30. The van der Waals surface area contributed by atoms with Crippen molar-refractivity contribution in [2.75, 3.05) is 11.4 Å². The molecule has 0 fully saturated rings. The highest BCUT2D eigenvalue weighted by atomic mass is 16.2. The number of amides is 1. The summed E-state index contributed by atoms with van der Waals surface area (Å²) in [7, 11) is 0. The summed E-state index contributed by atoms with van der Waals surface area (Å²) < 4.78 is 0. The Bertz CT molecular complexity index is 916. The average Bonchev–Trinajstić information content (AvgIpc) is 3.04. The van der Waals surface area contributed by atoms with Gasteiger partial charge in [0.25, 0.3) is 5.91 Å². The summed E-state index contributed by atoms with van der Waals surface area (Å²) in [5, 5.41) is 11.6. The Morgan fingerprint density at radius 1 is 1.17 bits per heavy atom. The molecule has 1 aliphatic rings. The summed E-state index contributed by atoms with van der Waals surface area (Å²) >= 11 is 0. The van der Waals surface area contributed by atoms with Crippen molar-refractivity contribution in [3.63, 3.8) is 0 Å². The van der Waals surface area contributed by atoms with Crippen LogP contribution in [0, 0.1) is 11.3 Å². The van der Waals surface area contributed by atoms with Gasteiger partial charge >= 0.3 is 0 Å². The number of fused-ring (bicyclic) bond motifs is 1. The van der Waals surface area contributed by atoms with Crippen LogP contribution in [0.3, 0.4) is 0 Å². The fourth-order valence-electron chi connectivity index (χ4n) is 4.15. The second-order valence-electron chi connectivity index (χ2n) is 8.75. The summed E-state index contributed by atoms with van der Waals surface area (Å²) in [5.41, 5.74) is 7.24. The number of nitrogens with zero attached hydrogens (tertiary/aromatic N) is 1. The van der Waals surface area contributed by atoms with Gasteiger partial charge in [-0.25, -0.2) is 0 Å². The third-order valence-corrected chi connectivity index (χ3v) is 5.65. The maximum atomic E-state index is 13.3. The Morgan fingerprint density at radius 2 is 1.97 bits per heavy atom. The Labute approximate surface area is 181 Å². The van der Waals surface area contributed by atoms with Crippen molar-refractivity contribution in [3.8, 4) is 0 Å². The predicted molar refractivity (Wildman–Crippen MR) is 126 cm³/mol. The minimum absolute atomic E-state index is 0.0891. The van der Waals surface area contributed by atoms with Gasteiger partial charge < -0.3 is 15.6 Å².